The highest BCUT2D eigenvalue weighted by molar-refractivity contribution is 5.79. The molecule has 0 spiro atoms. The zero-order chi connectivity index (χ0) is 22.9. The Balaban J connectivity index is 1.21. The van der Waals surface area contributed by atoms with Crippen molar-refractivity contribution >= 4 is 5.96 Å². The van der Waals surface area contributed by atoms with Crippen LogP contribution in [0.2, 0.25) is 0 Å². The van der Waals surface area contributed by atoms with Crippen molar-refractivity contribution in [1.82, 2.24) is 25.4 Å². The number of aliphatic imine (C=N–C) groups is 1. The largest absolute Gasteiger partial charge is 0.439 e. The van der Waals surface area contributed by atoms with Gasteiger partial charge in [-0.15, -0.1) is 0 Å². The summed E-state index contributed by atoms with van der Waals surface area (Å²) < 4.78 is 20.7. The number of rotatable bonds is 8. The molecular weight excluding hydrogens is 419 g/mol. The van der Waals surface area contributed by atoms with Gasteiger partial charge in [0.15, 0.2) is 5.96 Å². The van der Waals surface area contributed by atoms with E-state index in [2.05, 4.69) is 50.0 Å². The predicted molar refractivity (Wildman–Crippen MR) is 126 cm³/mol. The zero-order valence-corrected chi connectivity index (χ0v) is 18.3. The van der Waals surface area contributed by atoms with Gasteiger partial charge in [0.25, 0.3) is 0 Å². The molecule has 4 rings (SSSR count). The van der Waals surface area contributed by atoms with Gasteiger partial charge in [0.2, 0.25) is 5.88 Å². The number of benzene rings is 2. The van der Waals surface area contributed by atoms with E-state index in [-0.39, 0.29) is 5.82 Å². The van der Waals surface area contributed by atoms with Gasteiger partial charge < -0.3 is 15.4 Å². The minimum absolute atomic E-state index is 0.349. The number of guanidine groups is 1. The molecule has 2 aromatic carbocycles. The highest BCUT2D eigenvalue weighted by Crippen LogP contribution is 2.20. The molecule has 0 bridgehead atoms. The first kappa shape index (κ1) is 22.0. The number of ether oxygens (including phenoxy) is 1. The molecule has 2 heterocycles. The third-order valence-electron chi connectivity index (χ3n) is 4.91. The van der Waals surface area contributed by atoms with Crippen molar-refractivity contribution in [1.29, 1.82) is 0 Å². The highest BCUT2D eigenvalue weighted by Gasteiger charge is 2.03. The molecule has 0 saturated heterocycles. The summed E-state index contributed by atoms with van der Waals surface area (Å²) in [6.07, 6.45) is 6.28. The van der Waals surface area contributed by atoms with Crippen LogP contribution in [0.4, 0.5) is 4.39 Å². The second-order valence-corrected chi connectivity index (χ2v) is 7.28. The summed E-state index contributed by atoms with van der Waals surface area (Å²) in [6.45, 7) is 1.31. The van der Waals surface area contributed by atoms with Gasteiger partial charge in [-0.1, -0.05) is 24.3 Å². The van der Waals surface area contributed by atoms with Crippen LogP contribution in [-0.4, -0.2) is 34.3 Å². The summed E-state index contributed by atoms with van der Waals surface area (Å²) in [4.78, 5) is 8.55. The average Bonchev–Trinajstić information content (AvgIpc) is 3.38. The third-order valence-corrected chi connectivity index (χ3v) is 4.91. The molecule has 2 aromatic heterocycles. The topological polar surface area (TPSA) is 76.4 Å². The molecule has 7 nitrogen and oxygen atoms in total. The number of nitrogens with zero attached hydrogens (tertiary/aromatic N) is 4. The molecule has 4 aromatic rings. The van der Waals surface area contributed by atoms with E-state index in [4.69, 9.17) is 4.74 Å². The van der Waals surface area contributed by atoms with Crippen LogP contribution in [0.3, 0.4) is 0 Å². The van der Waals surface area contributed by atoms with Gasteiger partial charge in [-0.3, -0.25) is 4.99 Å². The number of halogens is 1. The first-order valence-electron chi connectivity index (χ1n) is 10.6. The normalized spacial score (nSPS) is 11.3. The van der Waals surface area contributed by atoms with Crippen molar-refractivity contribution in [2.45, 2.75) is 13.0 Å². The van der Waals surface area contributed by atoms with E-state index >= 15 is 0 Å². The van der Waals surface area contributed by atoms with Crippen LogP contribution in [0.15, 0.2) is 90.3 Å². The molecule has 0 aliphatic carbocycles. The van der Waals surface area contributed by atoms with E-state index in [0.717, 1.165) is 24.2 Å². The van der Waals surface area contributed by atoms with E-state index in [9.17, 15) is 4.39 Å². The van der Waals surface area contributed by atoms with Crippen LogP contribution < -0.4 is 15.4 Å². The monoisotopic (exact) mass is 444 g/mol. The van der Waals surface area contributed by atoms with Crippen molar-refractivity contribution in [3.63, 3.8) is 0 Å². The van der Waals surface area contributed by atoms with Gasteiger partial charge in [0.1, 0.15) is 11.6 Å². The SMILES string of the molecule is CN=C(NCCc1ccc(-n2cccn2)cc1)NCc1ccc(Oc2cccc(F)c2)nc1. The summed E-state index contributed by atoms with van der Waals surface area (Å²) in [5.74, 6) is 1.18. The fourth-order valence-electron chi connectivity index (χ4n) is 3.20. The predicted octanol–water partition coefficient (Wildman–Crippen LogP) is 4.11. The molecule has 0 unspecified atom stereocenters. The van der Waals surface area contributed by atoms with E-state index < -0.39 is 0 Å². The van der Waals surface area contributed by atoms with Crippen molar-refractivity contribution in [3.8, 4) is 17.3 Å². The molecule has 33 heavy (non-hydrogen) atoms. The number of aromatic nitrogens is 3. The van der Waals surface area contributed by atoms with Crippen molar-refractivity contribution < 1.29 is 9.13 Å². The maximum atomic E-state index is 13.3. The highest BCUT2D eigenvalue weighted by atomic mass is 19.1. The van der Waals surface area contributed by atoms with Crippen LogP contribution in [0.5, 0.6) is 11.6 Å². The molecule has 0 atom stereocenters. The molecular formula is C25H25FN6O. The standard InChI is InChI=1S/C25H25FN6O/c1-27-25(28-14-12-19-6-9-22(10-7-19)32-15-3-13-31-32)30-18-20-8-11-24(29-17-20)33-23-5-2-4-21(26)16-23/h2-11,13,15-17H,12,14,18H2,1H3,(H2,27,28,30). The van der Waals surface area contributed by atoms with E-state index in [0.29, 0.717) is 24.1 Å². The van der Waals surface area contributed by atoms with Crippen molar-refractivity contribution in [2.24, 2.45) is 4.99 Å². The second-order valence-electron chi connectivity index (χ2n) is 7.28. The van der Waals surface area contributed by atoms with Crippen LogP contribution in [0, 0.1) is 5.82 Å². The molecule has 2 N–H and O–H groups in total. The Bertz CT molecular complexity index is 1170. The van der Waals surface area contributed by atoms with Crippen LogP contribution >= 0.6 is 0 Å². The first-order chi connectivity index (χ1) is 16.2. The Hall–Kier alpha value is -4.20. The molecule has 8 heteroatoms. The Morgan fingerprint density at radius 3 is 2.58 bits per heavy atom. The summed E-state index contributed by atoms with van der Waals surface area (Å²) in [7, 11) is 1.74. The number of pyridine rings is 1. The Morgan fingerprint density at radius 1 is 1.03 bits per heavy atom. The maximum Gasteiger partial charge on any atom is 0.219 e. The summed E-state index contributed by atoms with van der Waals surface area (Å²) in [6, 6.07) is 19.9. The van der Waals surface area contributed by atoms with E-state index in [1.807, 2.05) is 23.0 Å². The molecule has 168 valence electrons. The van der Waals surface area contributed by atoms with Gasteiger partial charge in [-0.25, -0.2) is 14.1 Å². The van der Waals surface area contributed by atoms with Crippen LogP contribution in [0.1, 0.15) is 11.1 Å². The zero-order valence-electron chi connectivity index (χ0n) is 18.3. The molecule has 0 amide bonds. The van der Waals surface area contributed by atoms with Gasteiger partial charge in [0, 0.05) is 50.9 Å². The average molecular weight is 445 g/mol. The van der Waals surface area contributed by atoms with Crippen LogP contribution in [0.25, 0.3) is 5.69 Å². The molecule has 0 aliphatic rings. The Kier molecular flexibility index (Phi) is 7.27. The molecule has 0 aliphatic heterocycles. The minimum atomic E-state index is -0.349. The van der Waals surface area contributed by atoms with E-state index in [1.165, 1.54) is 17.7 Å². The maximum absolute atomic E-state index is 13.3. The minimum Gasteiger partial charge on any atom is -0.439 e. The quantitative estimate of drug-likeness (QED) is 0.316. The lowest BCUT2D eigenvalue weighted by Crippen LogP contribution is -2.37. The summed E-state index contributed by atoms with van der Waals surface area (Å²) >= 11 is 0. The van der Waals surface area contributed by atoms with Gasteiger partial charge >= 0.3 is 0 Å². The smallest absolute Gasteiger partial charge is 0.219 e. The van der Waals surface area contributed by atoms with Gasteiger partial charge in [0.05, 0.1) is 5.69 Å². The molecule has 0 radical (unpaired) electrons. The van der Waals surface area contributed by atoms with E-state index in [1.54, 1.807) is 37.6 Å². The molecule has 0 saturated carbocycles. The lowest BCUT2D eigenvalue weighted by Gasteiger charge is -2.12. The second kappa shape index (κ2) is 10.9. The fourth-order valence-corrected chi connectivity index (χ4v) is 3.20. The summed E-state index contributed by atoms with van der Waals surface area (Å²) in [5, 5.41) is 10.8. The summed E-state index contributed by atoms with van der Waals surface area (Å²) in [5.41, 5.74) is 3.24. The van der Waals surface area contributed by atoms with Crippen LogP contribution in [-0.2, 0) is 13.0 Å². The van der Waals surface area contributed by atoms with Gasteiger partial charge in [-0.2, -0.15) is 5.10 Å². The molecule has 0 fully saturated rings. The first-order valence-corrected chi connectivity index (χ1v) is 10.6. The van der Waals surface area contributed by atoms with Crippen molar-refractivity contribution in [3.05, 3.63) is 102 Å². The number of hydrogen-bond donors (Lipinski definition) is 2. The number of nitrogens with one attached hydrogen (secondary N) is 2. The Morgan fingerprint density at radius 2 is 1.88 bits per heavy atom. The lowest BCUT2D eigenvalue weighted by atomic mass is 10.1. The van der Waals surface area contributed by atoms with Gasteiger partial charge in [-0.05, 0) is 47.9 Å². The Labute approximate surface area is 192 Å². The fraction of sp³-hybridized carbons (Fsp3) is 0.160. The lowest BCUT2D eigenvalue weighted by molar-refractivity contribution is 0.457. The third kappa shape index (κ3) is 6.39. The number of hydrogen-bond acceptors (Lipinski definition) is 4. The van der Waals surface area contributed by atoms with Crippen molar-refractivity contribution in [2.75, 3.05) is 13.6 Å².